The van der Waals surface area contributed by atoms with E-state index in [2.05, 4.69) is 15.4 Å². The summed E-state index contributed by atoms with van der Waals surface area (Å²) < 4.78 is 45.6. The molecule has 0 radical (unpaired) electrons. The number of amides is 3. The number of rotatable bonds is 6. The number of hydrogen-bond acceptors (Lipinski definition) is 7. The normalized spacial score (nSPS) is 25.3. The fraction of sp³-hybridized carbons (Fsp3) is 0.571. The molecule has 5 rings (SSSR count). The molecule has 1 aromatic rings. The van der Waals surface area contributed by atoms with Crippen molar-refractivity contribution in [3.05, 3.63) is 35.1 Å². The number of carbonyl (C=O) groups excluding carboxylic acids is 3. The van der Waals surface area contributed by atoms with Crippen LogP contribution in [0.4, 0.5) is 9.18 Å². The van der Waals surface area contributed by atoms with Gasteiger partial charge in [-0.15, -0.1) is 0 Å². The molecule has 1 aromatic carbocycles. The monoisotopic (exact) mass is 480 g/mol. The summed E-state index contributed by atoms with van der Waals surface area (Å²) in [5, 5.41) is 5.12. The molecule has 178 valence electrons. The van der Waals surface area contributed by atoms with Crippen molar-refractivity contribution in [1.82, 2.24) is 20.3 Å². The van der Waals surface area contributed by atoms with Gasteiger partial charge in [-0.3, -0.25) is 19.2 Å². The molecule has 2 atom stereocenters. The molecule has 0 unspecified atom stereocenters. The first-order valence-electron chi connectivity index (χ1n) is 11.0. The maximum Gasteiger partial charge on any atom is 0.410 e. The standard InChI is InChI=1S/C21H25FN4O6S/c22-16-3-1-2-12-10-26(11-15(12)16)20(29)32-13-8-17(23-9-13)18(27)24-21(6-7-21)19(28)25-33(30,31)14-4-5-14/h1-3,13-14,17,23H,4-11H2,(H,24,27)(H,25,28)/t13-,17+/m1/s1. The molecule has 0 spiro atoms. The Hall–Kier alpha value is -2.73. The Balaban J connectivity index is 1.12. The van der Waals surface area contributed by atoms with Gasteiger partial charge in [-0.2, -0.15) is 0 Å². The van der Waals surface area contributed by atoms with Crippen molar-refractivity contribution >= 4 is 27.9 Å². The number of sulfonamides is 1. The first-order chi connectivity index (χ1) is 15.7. The second-order valence-electron chi connectivity index (χ2n) is 9.18. The van der Waals surface area contributed by atoms with E-state index in [9.17, 15) is 27.2 Å². The zero-order chi connectivity index (χ0) is 23.4. The van der Waals surface area contributed by atoms with E-state index in [4.69, 9.17) is 4.74 Å². The molecule has 3 N–H and O–H groups in total. The van der Waals surface area contributed by atoms with Gasteiger partial charge in [0.05, 0.1) is 17.8 Å². The molecule has 0 bridgehead atoms. The third-order valence-corrected chi connectivity index (χ3v) is 8.42. The smallest absolute Gasteiger partial charge is 0.410 e. The average molecular weight is 481 g/mol. The lowest BCUT2D eigenvalue weighted by Crippen LogP contribution is -2.54. The van der Waals surface area contributed by atoms with Crippen molar-refractivity contribution < 1.29 is 31.9 Å². The molecular formula is C21H25FN4O6S. The second kappa shape index (κ2) is 7.94. The molecule has 4 aliphatic rings. The van der Waals surface area contributed by atoms with Crippen molar-refractivity contribution in [2.75, 3.05) is 6.54 Å². The van der Waals surface area contributed by atoms with Crippen LogP contribution in [-0.2, 0) is 37.4 Å². The molecule has 12 heteroatoms. The van der Waals surface area contributed by atoms with E-state index < -0.39 is 50.9 Å². The summed E-state index contributed by atoms with van der Waals surface area (Å²) in [6.45, 7) is 0.651. The number of carbonyl (C=O) groups is 3. The Labute approximate surface area is 190 Å². The van der Waals surface area contributed by atoms with Crippen molar-refractivity contribution in [3.8, 4) is 0 Å². The molecule has 3 amide bonds. The third-order valence-electron chi connectivity index (χ3n) is 6.60. The van der Waals surface area contributed by atoms with Gasteiger partial charge in [0.2, 0.25) is 15.9 Å². The van der Waals surface area contributed by atoms with Crippen LogP contribution in [0.2, 0.25) is 0 Å². The molecule has 1 saturated heterocycles. The highest BCUT2D eigenvalue weighted by molar-refractivity contribution is 7.91. The van der Waals surface area contributed by atoms with Crippen LogP contribution < -0.4 is 15.4 Å². The lowest BCUT2D eigenvalue weighted by molar-refractivity contribution is -0.130. The van der Waals surface area contributed by atoms with Crippen molar-refractivity contribution in [1.29, 1.82) is 0 Å². The van der Waals surface area contributed by atoms with Crippen LogP contribution in [0, 0.1) is 5.82 Å². The summed E-state index contributed by atoms with van der Waals surface area (Å²) in [6, 6.07) is 4.04. The Morgan fingerprint density at radius 3 is 2.61 bits per heavy atom. The lowest BCUT2D eigenvalue weighted by atomic mass is 10.1. The molecule has 2 saturated carbocycles. The number of fused-ring (bicyclic) bond motifs is 1. The predicted molar refractivity (Wildman–Crippen MR) is 113 cm³/mol. The second-order valence-corrected chi connectivity index (χ2v) is 11.1. The fourth-order valence-electron chi connectivity index (χ4n) is 4.27. The highest BCUT2D eigenvalue weighted by Gasteiger charge is 2.54. The van der Waals surface area contributed by atoms with Gasteiger partial charge in [0, 0.05) is 25.1 Å². The highest BCUT2D eigenvalue weighted by Crippen LogP contribution is 2.37. The summed E-state index contributed by atoms with van der Waals surface area (Å²) in [6.07, 6.45) is 0.871. The first kappa shape index (κ1) is 22.1. The maximum atomic E-state index is 13.9. The van der Waals surface area contributed by atoms with Gasteiger partial charge in [0.1, 0.15) is 17.5 Å². The molecule has 2 aliphatic heterocycles. The first-order valence-corrected chi connectivity index (χ1v) is 12.5. The number of nitrogens with one attached hydrogen (secondary N) is 3. The van der Waals surface area contributed by atoms with Crippen LogP contribution in [0.15, 0.2) is 18.2 Å². The van der Waals surface area contributed by atoms with Crippen LogP contribution in [0.25, 0.3) is 0 Å². The van der Waals surface area contributed by atoms with Crippen LogP contribution >= 0.6 is 0 Å². The fourth-order valence-corrected chi connectivity index (χ4v) is 5.64. The minimum atomic E-state index is -3.69. The topological polar surface area (TPSA) is 134 Å². The predicted octanol–water partition coefficient (Wildman–Crippen LogP) is 0.266. The van der Waals surface area contributed by atoms with Crippen LogP contribution in [0.1, 0.15) is 43.2 Å². The number of hydrogen-bond donors (Lipinski definition) is 3. The van der Waals surface area contributed by atoms with Gasteiger partial charge in [-0.25, -0.2) is 17.6 Å². The Morgan fingerprint density at radius 2 is 1.94 bits per heavy atom. The van der Waals surface area contributed by atoms with Gasteiger partial charge >= 0.3 is 6.09 Å². The molecular weight excluding hydrogens is 455 g/mol. The molecule has 10 nitrogen and oxygen atoms in total. The Morgan fingerprint density at radius 1 is 1.18 bits per heavy atom. The van der Waals surface area contributed by atoms with E-state index in [0.29, 0.717) is 31.2 Å². The van der Waals surface area contributed by atoms with Crippen LogP contribution in [0.5, 0.6) is 0 Å². The maximum absolute atomic E-state index is 13.9. The Kier molecular flexibility index (Phi) is 5.31. The average Bonchev–Trinajstić information content (AvgIpc) is 3.67. The van der Waals surface area contributed by atoms with Crippen LogP contribution in [-0.4, -0.2) is 60.7 Å². The van der Waals surface area contributed by atoms with E-state index in [0.717, 1.165) is 5.56 Å². The third kappa shape index (κ3) is 4.41. The molecule has 0 aromatic heterocycles. The van der Waals surface area contributed by atoms with Gasteiger partial charge in [0.25, 0.3) is 5.91 Å². The molecule has 2 aliphatic carbocycles. The summed E-state index contributed by atoms with van der Waals surface area (Å²) in [4.78, 5) is 39.1. The molecule has 3 fully saturated rings. The van der Waals surface area contributed by atoms with Crippen molar-refractivity contribution in [2.24, 2.45) is 0 Å². The quantitative estimate of drug-likeness (QED) is 0.532. The van der Waals surface area contributed by atoms with Gasteiger partial charge in [0.15, 0.2) is 0 Å². The van der Waals surface area contributed by atoms with Gasteiger partial charge < -0.3 is 15.4 Å². The minimum Gasteiger partial charge on any atom is -0.445 e. The summed E-state index contributed by atoms with van der Waals surface area (Å²) >= 11 is 0. The van der Waals surface area contributed by atoms with E-state index in [1.807, 2.05) is 0 Å². The van der Waals surface area contributed by atoms with Gasteiger partial charge in [-0.1, -0.05) is 12.1 Å². The van der Waals surface area contributed by atoms with Gasteiger partial charge in [-0.05, 0) is 37.3 Å². The largest absolute Gasteiger partial charge is 0.445 e. The number of nitrogens with zero attached hydrogens (tertiary/aromatic N) is 1. The highest BCUT2D eigenvalue weighted by atomic mass is 32.2. The Bertz CT molecular complexity index is 1120. The SMILES string of the molecule is O=C(NC1(C(=O)NS(=O)(=O)C2CC2)CC1)[C@@H]1C[C@@H](OC(=O)N2Cc3cccc(F)c3C2)CN1. The van der Waals surface area contributed by atoms with Crippen molar-refractivity contribution in [3.63, 3.8) is 0 Å². The minimum absolute atomic E-state index is 0.131. The van der Waals surface area contributed by atoms with Crippen molar-refractivity contribution in [2.45, 2.75) is 68.1 Å². The van der Waals surface area contributed by atoms with E-state index >= 15 is 0 Å². The number of benzene rings is 1. The molecule has 33 heavy (non-hydrogen) atoms. The van der Waals surface area contributed by atoms with E-state index in [-0.39, 0.29) is 31.9 Å². The summed E-state index contributed by atoms with van der Waals surface area (Å²) in [5.74, 6) is -1.50. The lowest BCUT2D eigenvalue weighted by Gasteiger charge is -2.20. The molecule has 2 heterocycles. The van der Waals surface area contributed by atoms with E-state index in [1.54, 1.807) is 12.1 Å². The summed E-state index contributed by atoms with van der Waals surface area (Å²) in [7, 11) is -3.69. The number of halogens is 1. The van der Waals surface area contributed by atoms with Crippen LogP contribution in [0.3, 0.4) is 0 Å². The summed E-state index contributed by atoms with van der Waals surface area (Å²) in [5.41, 5.74) is 0.0133. The zero-order valence-corrected chi connectivity index (χ0v) is 18.6. The zero-order valence-electron chi connectivity index (χ0n) is 17.8. The van der Waals surface area contributed by atoms with E-state index in [1.165, 1.54) is 11.0 Å². The number of ether oxygens (including phenoxy) is 1.